The Bertz CT molecular complexity index is 1560. The molecule has 1 aromatic carbocycles. The molecule has 9 nitrogen and oxygen atoms in total. The zero-order valence-electron chi connectivity index (χ0n) is 17.5. The van der Waals surface area contributed by atoms with Crippen LogP contribution in [0.25, 0.3) is 11.0 Å². The number of anilines is 2. The number of ether oxygens (including phenoxy) is 1. The topological polar surface area (TPSA) is 125 Å². The van der Waals surface area contributed by atoms with Crippen LogP contribution in [-0.2, 0) is 16.5 Å². The van der Waals surface area contributed by atoms with Crippen LogP contribution in [0.4, 0.5) is 24.5 Å². The number of methoxy groups -OCH3 is 1. The minimum atomic E-state index is -5.25. The third kappa shape index (κ3) is 4.52. The third-order valence-corrected chi connectivity index (χ3v) is 6.14. The van der Waals surface area contributed by atoms with Gasteiger partial charge in [0.25, 0.3) is 0 Å². The van der Waals surface area contributed by atoms with E-state index in [1.807, 2.05) is 0 Å². The number of carbonyl (C=O) groups excluding carboxylic acids is 1. The van der Waals surface area contributed by atoms with E-state index in [0.717, 1.165) is 18.2 Å². The summed E-state index contributed by atoms with van der Waals surface area (Å²) in [5.74, 6) is -0.786. The predicted molar refractivity (Wildman–Crippen MR) is 120 cm³/mol. The molecule has 14 heteroatoms. The number of carbonyl (C=O) groups is 1. The van der Waals surface area contributed by atoms with Gasteiger partial charge in [0.2, 0.25) is 5.78 Å². The van der Waals surface area contributed by atoms with E-state index in [9.17, 15) is 30.9 Å². The van der Waals surface area contributed by atoms with E-state index < -0.39 is 49.9 Å². The summed E-state index contributed by atoms with van der Waals surface area (Å²) in [5.41, 5.74) is -2.66. The molecule has 0 amide bonds. The summed E-state index contributed by atoms with van der Waals surface area (Å²) >= 11 is 5.65. The van der Waals surface area contributed by atoms with Crippen molar-refractivity contribution >= 4 is 50.1 Å². The molecular weight excluding hydrogens is 513 g/mol. The number of benzene rings is 1. The SMILES string of the molecule is COc1cnc2[nH]ccc2c1C(=O)c1ncccc1N(c1ccc(Cl)c(C(F)(F)F)c1)S(=O)(=O)O. The first-order valence-corrected chi connectivity index (χ1v) is 11.3. The predicted octanol–water partition coefficient (Wildman–Crippen LogP) is 4.81. The maximum absolute atomic E-state index is 13.6. The molecule has 0 aliphatic heterocycles. The Labute approximate surface area is 201 Å². The number of alkyl halides is 3. The number of nitrogens with one attached hydrogen (secondary N) is 1. The molecule has 3 aromatic heterocycles. The van der Waals surface area contributed by atoms with Gasteiger partial charge in [-0.2, -0.15) is 21.6 Å². The van der Waals surface area contributed by atoms with E-state index in [4.69, 9.17) is 16.3 Å². The van der Waals surface area contributed by atoms with Crippen LogP contribution in [-0.4, -0.2) is 40.8 Å². The fraction of sp³-hybridized carbons (Fsp3) is 0.0952. The van der Waals surface area contributed by atoms with Crippen LogP contribution in [0.1, 0.15) is 21.6 Å². The largest absolute Gasteiger partial charge is 0.494 e. The summed E-state index contributed by atoms with van der Waals surface area (Å²) in [6.45, 7) is 0. The second-order valence-electron chi connectivity index (χ2n) is 7.05. The number of nitrogens with zero attached hydrogens (tertiary/aromatic N) is 3. The van der Waals surface area contributed by atoms with Crippen molar-refractivity contribution in [3.05, 3.63) is 76.8 Å². The number of ketones is 1. The van der Waals surface area contributed by atoms with Gasteiger partial charge < -0.3 is 9.72 Å². The van der Waals surface area contributed by atoms with Gasteiger partial charge in [-0.1, -0.05) is 11.6 Å². The van der Waals surface area contributed by atoms with Gasteiger partial charge >= 0.3 is 16.5 Å². The van der Waals surface area contributed by atoms with Gasteiger partial charge in [0.05, 0.1) is 40.8 Å². The normalized spacial score (nSPS) is 12.1. The average Bonchev–Trinajstić information content (AvgIpc) is 3.26. The molecular formula is C21H14ClF3N4O5S. The van der Waals surface area contributed by atoms with Crippen molar-refractivity contribution < 1.29 is 35.7 Å². The molecule has 4 rings (SSSR count). The summed E-state index contributed by atoms with van der Waals surface area (Å²) in [6, 6.07) is 6.11. The maximum atomic E-state index is 13.6. The van der Waals surface area contributed by atoms with Crippen molar-refractivity contribution in [2.45, 2.75) is 6.18 Å². The first-order valence-electron chi connectivity index (χ1n) is 9.57. The van der Waals surface area contributed by atoms with Crippen LogP contribution in [0.5, 0.6) is 5.75 Å². The van der Waals surface area contributed by atoms with Gasteiger partial charge in [0, 0.05) is 17.8 Å². The van der Waals surface area contributed by atoms with Gasteiger partial charge in [-0.15, -0.1) is 0 Å². The molecule has 0 bridgehead atoms. The van der Waals surface area contributed by atoms with E-state index in [1.165, 1.54) is 37.8 Å². The van der Waals surface area contributed by atoms with Crippen LogP contribution in [0.3, 0.4) is 0 Å². The zero-order chi connectivity index (χ0) is 25.5. The quantitative estimate of drug-likeness (QED) is 0.273. The highest BCUT2D eigenvalue weighted by Crippen LogP contribution is 2.40. The first kappa shape index (κ1) is 24.4. The molecule has 0 saturated heterocycles. The van der Waals surface area contributed by atoms with E-state index in [-0.39, 0.29) is 15.6 Å². The number of H-pyrrole nitrogens is 1. The molecule has 2 N–H and O–H groups in total. The molecule has 4 aromatic rings. The number of pyridine rings is 2. The highest BCUT2D eigenvalue weighted by molar-refractivity contribution is 7.87. The van der Waals surface area contributed by atoms with Crippen LogP contribution >= 0.6 is 11.6 Å². The van der Waals surface area contributed by atoms with Crippen molar-refractivity contribution in [3.63, 3.8) is 0 Å². The lowest BCUT2D eigenvalue weighted by Gasteiger charge is -2.24. The van der Waals surface area contributed by atoms with Crippen molar-refractivity contribution in [3.8, 4) is 5.75 Å². The lowest BCUT2D eigenvalue weighted by atomic mass is 10.0. The number of aromatic nitrogens is 3. The molecule has 0 radical (unpaired) electrons. The number of aromatic amines is 1. The van der Waals surface area contributed by atoms with Crippen LogP contribution < -0.4 is 9.04 Å². The van der Waals surface area contributed by atoms with Crippen molar-refractivity contribution in [1.82, 2.24) is 15.0 Å². The molecule has 0 aliphatic rings. The third-order valence-electron chi connectivity index (χ3n) is 4.94. The second kappa shape index (κ2) is 8.83. The summed E-state index contributed by atoms with van der Waals surface area (Å²) in [7, 11) is -3.96. The van der Waals surface area contributed by atoms with E-state index in [1.54, 1.807) is 0 Å². The highest BCUT2D eigenvalue weighted by Gasteiger charge is 2.36. The molecule has 0 fully saturated rings. The molecule has 182 valence electrons. The molecule has 0 unspecified atom stereocenters. The van der Waals surface area contributed by atoms with Crippen molar-refractivity contribution in [2.24, 2.45) is 0 Å². The minimum absolute atomic E-state index is 0.0268. The number of rotatable bonds is 6. The van der Waals surface area contributed by atoms with Crippen LogP contribution in [0, 0.1) is 0 Å². The molecule has 0 atom stereocenters. The molecule has 0 spiro atoms. The lowest BCUT2D eigenvalue weighted by Crippen LogP contribution is -2.28. The van der Waals surface area contributed by atoms with E-state index in [2.05, 4.69) is 15.0 Å². The number of hydrogen-bond donors (Lipinski definition) is 2. The number of fused-ring (bicyclic) bond motifs is 1. The van der Waals surface area contributed by atoms with Gasteiger partial charge in [-0.25, -0.2) is 9.29 Å². The summed E-state index contributed by atoms with van der Waals surface area (Å²) in [5, 5.41) is -0.356. The molecule has 0 aliphatic carbocycles. The van der Waals surface area contributed by atoms with E-state index in [0.29, 0.717) is 17.1 Å². The second-order valence-corrected chi connectivity index (χ2v) is 8.71. The summed E-state index contributed by atoms with van der Waals surface area (Å²) < 4.78 is 80.4. The average molecular weight is 527 g/mol. The molecule has 0 saturated carbocycles. The summed E-state index contributed by atoms with van der Waals surface area (Å²) in [6.07, 6.45) is -0.951. The van der Waals surface area contributed by atoms with Crippen LogP contribution in [0.2, 0.25) is 5.02 Å². The standard InChI is InChI=1S/C21H14ClF3N4O5S/c1-34-16-10-28-20-12(6-8-27-20)17(16)19(30)18-15(3-2-7-26-18)29(35(31,32)33)11-4-5-14(22)13(9-11)21(23,24)25/h2-10H,1H3,(H,27,28)(H,31,32,33). The van der Waals surface area contributed by atoms with Crippen molar-refractivity contribution in [1.29, 1.82) is 0 Å². The fourth-order valence-corrected chi connectivity index (χ4v) is 4.49. The minimum Gasteiger partial charge on any atom is -0.494 e. The summed E-state index contributed by atoms with van der Waals surface area (Å²) in [4.78, 5) is 24.5. The Morgan fingerprint density at radius 3 is 2.60 bits per heavy atom. The maximum Gasteiger partial charge on any atom is 0.417 e. The Morgan fingerprint density at radius 1 is 1.20 bits per heavy atom. The van der Waals surface area contributed by atoms with Gasteiger partial charge in [0.15, 0.2) is 0 Å². The monoisotopic (exact) mass is 526 g/mol. The number of halogens is 4. The fourth-order valence-electron chi connectivity index (χ4n) is 3.49. The number of hydrogen-bond acceptors (Lipinski definition) is 6. The van der Waals surface area contributed by atoms with Gasteiger partial charge in [-0.3, -0.25) is 14.3 Å². The molecule has 35 heavy (non-hydrogen) atoms. The Kier molecular flexibility index (Phi) is 6.17. The molecule has 3 heterocycles. The Hall–Kier alpha value is -3.68. The first-order chi connectivity index (χ1) is 16.4. The smallest absolute Gasteiger partial charge is 0.417 e. The van der Waals surface area contributed by atoms with Crippen molar-refractivity contribution in [2.75, 3.05) is 11.4 Å². The van der Waals surface area contributed by atoms with Crippen LogP contribution in [0.15, 0.2) is 55.0 Å². The Morgan fingerprint density at radius 2 is 1.94 bits per heavy atom. The van der Waals surface area contributed by atoms with E-state index >= 15 is 0 Å². The zero-order valence-corrected chi connectivity index (χ0v) is 19.1. The lowest BCUT2D eigenvalue weighted by molar-refractivity contribution is -0.137. The highest BCUT2D eigenvalue weighted by atomic mass is 35.5. The van der Waals surface area contributed by atoms with Gasteiger partial charge in [-0.05, 0) is 36.4 Å². The Balaban J connectivity index is 1.96. The van der Waals surface area contributed by atoms with Gasteiger partial charge in [0.1, 0.15) is 17.1 Å².